The second-order valence-corrected chi connectivity index (χ2v) is 12.3. The molecule has 0 spiro atoms. The summed E-state index contributed by atoms with van der Waals surface area (Å²) < 4.78 is 0. The fourth-order valence-electron chi connectivity index (χ4n) is 7.29. The third kappa shape index (κ3) is 4.07. The lowest BCUT2D eigenvalue weighted by molar-refractivity contribution is 0.653. The molecule has 0 unspecified atom stereocenters. The molecule has 0 aliphatic heterocycles. The maximum Gasteiger partial charge on any atom is 0.0991 e. The van der Waals surface area contributed by atoms with Crippen LogP contribution in [0.25, 0.3) is 76.1 Å². The van der Waals surface area contributed by atoms with Gasteiger partial charge in [-0.05, 0) is 112 Å². The van der Waals surface area contributed by atoms with Crippen LogP contribution in [0.2, 0.25) is 0 Å². The average Bonchev–Trinajstić information content (AvgIpc) is 3.06. The van der Waals surface area contributed by atoms with Gasteiger partial charge in [0.15, 0.2) is 0 Å². The summed E-state index contributed by atoms with van der Waals surface area (Å²) in [7, 11) is 0. The first-order valence-corrected chi connectivity index (χ1v) is 15.4. The molecule has 0 aromatic heterocycles. The molecule has 0 heterocycles. The Morgan fingerprint density at radius 1 is 0.500 bits per heavy atom. The minimum atomic E-state index is 0.568. The van der Waals surface area contributed by atoms with Gasteiger partial charge in [-0.25, -0.2) is 0 Å². The Hall–Kier alpha value is -5.45. The zero-order chi connectivity index (χ0) is 29.8. The van der Waals surface area contributed by atoms with Gasteiger partial charge in [-0.1, -0.05) is 129 Å². The largest absolute Gasteiger partial charge is 0.192 e. The normalized spacial score (nSPS) is 11.7. The molecule has 1 heteroatoms. The van der Waals surface area contributed by atoms with Crippen LogP contribution in [0.15, 0.2) is 133 Å². The topological polar surface area (TPSA) is 23.8 Å². The summed E-state index contributed by atoms with van der Waals surface area (Å²) in [6, 6.07) is 50.6. The van der Waals surface area contributed by atoms with Crippen molar-refractivity contribution in [1.29, 1.82) is 5.26 Å². The van der Waals surface area contributed by atoms with E-state index in [1.807, 2.05) is 12.1 Å². The van der Waals surface area contributed by atoms with Crippen LogP contribution in [0.3, 0.4) is 0 Å². The zero-order valence-corrected chi connectivity index (χ0v) is 24.9. The molecule has 0 fully saturated rings. The maximum absolute atomic E-state index is 9.41. The summed E-state index contributed by atoms with van der Waals surface area (Å²) in [4.78, 5) is 0. The Kier molecular flexibility index (Phi) is 6.17. The number of fused-ring (bicyclic) bond motifs is 6. The van der Waals surface area contributed by atoms with Crippen molar-refractivity contribution in [3.63, 3.8) is 0 Å². The van der Waals surface area contributed by atoms with E-state index in [0.717, 1.165) is 12.0 Å². The van der Waals surface area contributed by atoms with Crippen molar-refractivity contribution in [3.8, 4) is 28.3 Å². The minimum Gasteiger partial charge on any atom is -0.192 e. The molecule has 0 saturated heterocycles. The second-order valence-electron chi connectivity index (χ2n) is 12.3. The number of rotatable bonds is 4. The molecule has 0 N–H and O–H groups in total. The van der Waals surface area contributed by atoms with Gasteiger partial charge in [-0.3, -0.25) is 0 Å². The Bertz CT molecular complexity index is 2380. The molecule has 0 aliphatic carbocycles. The van der Waals surface area contributed by atoms with E-state index in [2.05, 4.69) is 141 Å². The van der Waals surface area contributed by atoms with E-state index in [0.29, 0.717) is 11.5 Å². The Labute approximate surface area is 257 Å². The molecule has 8 aromatic rings. The van der Waals surface area contributed by atoms with Crippen LogP contribution in [0.5, 0.6) is 0 Å². The number of hydrogen-bond donors (Lipinski definition) is 0. The summed E-state index contributed by atoms with van der Waals surface area (Å²) in [6.07, 6.45) is 1.05. The predicted molar refractivity (Wildman–Crippen MR) is 188 cm³/mol. The zero-order valence-electron chi connectivity index (χ0n) is 24.9. The van der Waals surface area contributed by atoms with Gasteiger partial charge in [0, 0.05) is 0 Å². The van der Waals surface area contributed by atoms with E-state index in [4.69, 9.17) is 0 Å². The summed E-state index contributed by atoms with van der Waals surface area (Å²) in [5.41, 5.74) is 6.97. The summed E-state index contributed by atoms with van der Waals surface area (Å²) in [6.45, 7) is 4.62. The van der Waals surface area contributed by atoms with E-state index < -0.39 is 0 Å². The number of benzene rings is 8. The molecule has 0 bridgehead atoms. The van der Waals surface area contributed by atoms with Crippen molar-refractivity contribution in [2.75, 3.05) is 0 Å². The van der Waals surface area contributed by atoms with Gasteiger partial charge in [0.05, 0.1) is 11.6 Å². The van der Waals surface area contributed by atoms with Gasteiger partial charge in [0.2, 0.25) is 0 Å². The van der Waals surface area contributed by atoms with E-state index >= 15 is 0 Å². The fourth-order valence-corrected chi connectivity index (χ4v) is 7.29. The fraction of sp³-hybridized carbons (Fsp3) is 0.0930. The molecular weight excluding hydrogens is 530 g/mol. The van der Waals surface area contributed by atoms with E-state index in [-0.39, 0.29) is 0 Å². The lowest BCUT2D eigenvalue weighted by atomic mass is 9.83. The summed E-state index contributed by atoms with van der Waals surface area (Å²) in [5, 5.41) is 22.2. The Morgan fingerprint density at radius 3 is 1.70 bits per heavy atom. The van der Waals surface area contributed by atoms with Crippen molar-refractivity contribution in [2.24, 2.45) is 5.92 Å². The van der Waals surface area contributed by atoms with Gasteiger partial charge in [0.25, 0.3) is 0 Å². The van der Waals surface area contributed by atoms with Crippen molar-refractivity contribution in [3.05, 3.63) is 145 Å². The first kappa shape index (κ1) is 26.2. The third-order valence-corrected chi connectivity index (χ3v) is 9.13. The first-order chi connectivity index (χ1) is 21.6. The molecule has 0 amide bonds. The lowest BCUT2D eigenvalue weighted by Crippen LogP contribution is -1.97. The number of nitrogens with zero attached hydrogens (tertiary/aromatic N) is 1. The smallest absolute Gasteiger partial charge is 0.0991 e. The highest BCUT2D eigenvalue weighted by Gasteiger charge is 2.19. The van der Waals surface area contributed by atoms with Crippen LogP contribution in [0.4, 0.5) is 0 Å². The highest BCUT2D eigenvalue weighted by atomic mass is 14.2. The van der Waals surface area contributed by atoms with Crippen LogP contribution >= 0.6 is 0 Å². The molecule has 0 radical (unpaired) electrons. The standard InChI is InChI=1S/C43H31N/c1-27(2)24-40-31-11-4-3-10-30(31)25-41-32-16-9-17-35(33(32)22-23-34(40)41)43-38-14-7-5-12-36(38)42(37-13-6-8-15-39(37)43)29-20-18-28(26-44)19-21-29/h3-23,25,27H,24H2,1-2H3. The van der Waals surface area contributed by atoms with Crippen molar-refractivity contribution >= 4 is 53.9 Å². The van der Waals surface area contributed by atoms with E-state index in [1.165, 1.54) is 76.1 Å². The van der Waals surface area contributed by atoms with Crippen LogP contribution in [0, 0.1) is 17.2 Å². The highest BCUT2D eigenvalue weighted by Crippen LogP contribution is 2.46. The van der Waals surface area contributed by atoms with Crippen LogP contribution < -0.4 is 0 Å². The van der Waals surface area contributed by atoms with Crippen molar-refractivity contribution in [1.82, 2.24) is 0 Å². The molecule has 0 saturated carbocycles. The monoisotopic (exact) mass is 561 g/mol. The quantitative estimate of drug-likeness (QED) is 0.155. The lowest BCUT2D eigenvalue weighted by Gasteiger charge is -2.20. The van der Waals surface area contributed by atoms with Crippen molar-refractivity contribution < 1.29 is 0 Å². The molecule has 44 heavy (non-hydrogen) atoms. The van der Waals surface area contributed by atoms with Gasteiger partial charge in [0.1, 0.15) is 0 Å². The predicted octanol–water partition coefficient (Wildman–Crippen LogP) is 11.9. The molecule has 0 aliphatic rings. The van der Waals surface area contributed by atoms with E-state index in [9.17, 15) is 5.26 Å². The average molecular weight is 562 g/mol. The van der Waals surface area contributed by atoms with Crippen LogP contribution in [-0.2, 0) is 6.42 Å². The molecular formula is C43H31N. The van der Waals surface area contributed by atoms with Gasteiger partial charge in [-0.15, -0.1) is 0 Å². The summed E-state index contributed by atoms with van der Waals surface area (Å²) >= 11 is 0. The number of nitriles is 1. The highest BCUT2D eigenvalue weighted by molar-refractivity contribution is 6.25. The first-order valence-electron chi connectivity index (χ1n) is 15.4. The number of hydrogen-bond acceptors (Lipinski definition) is 1. The van der Waals surface area contributed by atoms with Crippen molar-refractivity contribution in [2.45, 2.75) is 20.3 Å². The minimum absolute atomic E-state index is 0.568. The van der Waals surface area contributed by atoms with E-state index in [1.54, 1.807) is 0 Å². The maximum atomic E-state index is 9.41. The molecule has 8 aromatic carbocycles. The second kappa shape index (κ2) is 10.4. The molecule has 8 rings (SSSR count). The molecule has 208 valence electrons. The Morgan fingerprint density at radius 2 is 1.07 bits per heavy atom. The third-order valence-electron chi connectivity index (χ3n) is 9.13. The SMILES string of the molecule is CC(C)Cc1c2ccccc2cc2c1ccc1c(-c3c4ccccc4c(-c4ccc(C#N)cc4)c4ccccc34)cccc12. The van der Waals surface area contributed by atoms with Crippen LogP contribution in [-0.4, -0.2) is 0 Å². The van der Waals surface area contributed by atoms with Crippen LogP contribution in [0.1, 0.15) is 25.0 Å². The molecule has 0 atom stereocenters. The van der Waals surface area contributed by atoms with Gasteiger partial charge in [-0.2, -0.15) is 5.26 Å². The summed E-state index contributed by atoms with van der Waals surface area (Å²) in [5.74, 6) is 0.568. The molecule has 1 nitrogen and oxygen atoms in total. The van der Waals surface area contributed by atoms with Gasteiger partial charge >= 0.3 is 0 Å². The van der Waals surface area contributed by atoms with Gasteiger partial charge < -0.3 is 0 Å². The Balaban J connectivity index is 1.48.